The summed E-state index contributed by atoms with van der Waals surface area (Å²) < 4.78 is 43.9. The molecule has 20 heavy (non-hydrogen) atoms. The van der Waals surface area contributed by atoms with Crippen molar-refractivity contribution in [2.45, 2.75) is 45.3 Å². The largest absolute Gasteiger partial charge is 0.593 e. The molecule has 1 atom stereocenters. The molecule has 7 nitrogen and oxygen atoms in total. The van der Waals surface area contributed by atoms with E-state index < -0.39 is 23.8 Å². The lowest BCUT2D eigenvalue weighted by Crippen LogP contribution is -2.52. The van der Waals surface area contributed by atoms with Gasteiger partial charge in [-0.1, -0.05) is 20.3 Å². The Morgan fingerprint density at radius 2 is 1.55 bits per heavy atom. The molecule has 0 aromatic rings. The minimum atomic E-state index is -3.92. The Morgan fingerprint density at radius 1 is 1.20 bits per heavy atom. The molecule has 0 aromatic carbocycles. The normalized spacial score (nSPS) is 14.4. The molecule has 1 unspecified atom stereocenters. The topological polar surface area (TPSA) is 108 Å². The van der Waals surface area contributed by atoms with Gasteiger partial charge >= 0.3 is 8.97 Å². The van der Waals surface area contributed by atoms with Crippen LogP contribution in [0.5, 0.6) is 0 Å². The summed E-state index contributed by atoms with van der Waals surface area (Å²) in [5.41, 5.74) is 0. The van der Waals surface area contributed by atoms with Crippen LogP contribution < -0.4 is 5.40 Å². The summed E-state index contributed by atoms with van der Waals surface area (Å²) in [6, 6.07) is 0. The molecule has 3 N–H and O–H groups in total. The van der Waals surface area contributed by atoms with Gasteiger partial charge in [0.05, 0.1) is 4.75 Å². The summed E-state index contributed by atoms with van der Waals surface area (Å²) in [4.78, 5) is 0. The first-order valence-electron chi connectivity index (χ1n) is 6.33. The van der Waals surface area contributed by atoms with Crippen LogP contribution in [0.1, 0.15) is 40.5 Å². The van der Waals surface area contributed by atoms with E-state index in [1.807, 2.05) is 13.8 Å². The Bertz CT molecular complexity index is 348. The van der Waals surface area contributed by atoms with Crippen LogP contribution >= 0.6 is 0 Å². The highest BCUT2D eigenvalue weighted by Crippen LogP contribution is 2.28. The average Bonchev–Trinajstić information content (AvgIpc) is 2.37. The third kappa shape index (κ3) is 7.11. The predicted molar refractivity (Wildman–Crippen MR) is 80.7 cm³/mol. The molecule has 0 aliphatic heterocycles. The van der Waals surface area contributed by atoms with E-state index in [4.69, 9.17) is 23.2 Å². The zero-order valence-electron chi connectivity index (χ0n) is 13.5. The van der Waals surface area contributed by atoms with E-state index in [-0.39, 0.29) is 5.92 Å². The van der Waals surface area contributed by atoms with Crippen molar-refractivity contribution < 1.29 is 26.2 Å². The van der Waals surface area contributed by atoms with Gasteiger partial charge in [-0.25, -0.2) is 0 Å². The van der Waals surface area contributed by atoms with Gasteiger partial charge < -0.3 is 13.3 Å². The number of rotatable bonds is 7. The summed E-state index contributed by atoms with van der Waals surface area (Å²) in [7, 11) is -2.22. The van der Waals surface area contributed by atoms with Crippen molar-refractivity contribution >= 4 is 19.1 Å². The first kappa shape index (κ1) is 22.3. The Morgan fingerprint density at radius 3 is 1.70 bits per heavy atom. The summed E-state index contributed by atoms with van der Waals surface area (Å²) in [6.45, 7) is 6.96. The van der Waals surface area contributed by atoms with E-state index in [1.165, 1.54) is 21.3 Å². The van der Waals surface area contributed by atoms with Gasteiger partial charge in [-0.3, -0.25) is 9.95 Å². The van der Waals surface area contributed by atoms with Crippen molar-refractivity contribution in [3.8, 4) is 0 Å². The fraction of sp³-hybridized carbons (Fsp3) is 1.00. The molecule has 0 aliphatic carbocycles. The third-order valence-corrected chi connectivity index (χ3v) is 6.87. The molecule has 0 aromatic heterocycles. The molecule has 9 heteroatoms. The van der Waals surface area contributed by atoms with Gasteiger partial charge in [0.1, 0.15) is 0 Å². The lowest BCUT2D eigenvalue weighted by Gasteiger charge is -2.27. The third-order valence-electron chi connectivity index (χ3n) is 3.43. The van der Waals surface area contributed by atoms with Crippen molar-refractivity contribution in [2.75, 3.05) is 21.3 Å². The van der Waals surface area contributed by atoms with Crippen LogP contribution in [0.25, 0.3) is 0 Å². The quantitative estimate of drug-likeness (QED) is 0.536. The van der Waals surface area contributed by atoms with Crippen molar-refractivity contribution in [3.63, 3.8) is 0 Å². The standard InChI is InChI=1S/C8H18O3S.C3H11NO3Si/c1-5-6-7(2)8(3,4)12(9,10)11;1-5-8(4,6-2)7-3/h7H,5-6H2,1-4H3,(H,9,10,11);4H2,1-3H3. The molecule has 0 spiro atoms. The SMILES string of the molecule is CCCC(C)C(C)(C)S(=O)(=O)O.CO[Si](N)(OC)OC. The Hall–Kier alpha value is -0.0331. The van der Waals surface area contributed by atoms with E-state index >= 15 is 0 Å². The fourth-order valence-corrected chi connectivity index (χ4v) is 2.41. The molecule has 0 fully saturated rings. The van der Waals surface area contributed by atoms with Crippen LogP contribution in [0.3, 0.4) is 0 Å². The summed E-state index contributed by atoms with van der Waals surface area (Å²) >= 11 is 0. The van der Waals surface area contributed by atoms with Crippen LogP contribution in [0.2, 0.25) is 0 Å². The van der Waals surface area contributed by atoms with Crippen LogP contribution in [0.15, 0.2) is 0 Å². The van der Waals surface area contributed by atoms with E-state index in [9.17, 15) is 8.42 Å². The second-order valence-electron chi connectivity index (χ2n) is 4.98. The minimum absolute atomic E-state index is 0.0162. The Kier molecular flexibility index (Phi) is 10.1. The van der Waals surface area contributed by atoms with Crippen molar-refractivity contribution in [1.82, 2.24) is 0 Å². The van der Waals surface area contributed by atoms with Crippen molar-refractivity contribution in [2.24, 2.45) is 11.3 Å². The first-order chi connectivity index (χ1) is 8.91. The maximum Gasteiger partial charge on any atom is 0.593 e. The summed E-state index contributed by atoms with van der Waals surface area (Å²) in [5, 5.41) is 5.37. The Balaban J connectivity index is 0. The van der Waals surface area contributed by atoms with E-state index in [1.54, 1.807) is 13.8 Å². The van der Waals surface area contributed by atoms with Gasteiger partial charge in [-0.2, -0.15) is 8.42 Å². The van der Waals surface area contributed by atoms with E-state index in [0.717, 1.165) is 12.8 Å². The Labute approximate surface area is 124 Å². The first-order valence-corrected chi connectivity index (χ1v) is 9.57. The lowest BCUT2D eigenvalue weighted by atomic mass is 9.93. The number of hydrogen-bond acceptors (Lipinski definition) is 6. The molecule has 0 saturated heterocycles. The van der Waals surface area contributed by atoms with Gasteiger partial charge in [0, 0.05) is 21.3 Å². The van der Waals surface area contributed by atoms with E-state index in [2.05, 4.69) is 0 Å². The fourth-order valence-electron chi connectivity index (χ4n) is 1.28. The molecule has 0 aliphatic rings. The second kappa shape index (κ2) is 9.08. The maximum absolute atomic E-state index is 10.9. The zero-order valence-corrected chi connectivity index (χ0v) is 15.3. The summed E-state index contributed by atoms with van der Waals surface area (Å²) in [6.07, 6.45) is 1.74. The molecule has 0 rings (SSSR count). The van der Waals surface area contributed by atoms with Crippen molar-refractivity contribution in [3.05, 3.63) is 0 Å². The van der Waals surface area contributed by atoms with Crippen LogP contribution in [0.4, 0.5) is 0 Å². The monoisotopic (exact) mass is 331 g/mol. The molecular formula is C11H29NO6SSi. The van der Waals surface area contributed by atoms with Crippen LogP contribution in [0, 0.1) is 5.92 Å². The van der Waals surface area contributed by atoms with Crippen LogP contribution in [-0.2, 0) is 23.4 Å². The number of nitrogens with two attached hydrogens (primary N) is 1. The highest BCUT2D eigenvalue weighted by Gasteiger charge is 2.37. The highest BCUT2D eigenvalue weighted by molar-refractivity contribution is 7.87. The minimum Gasteiger partial charge on any atom is -0.365 e. The molecule has 0 radical (unpaired) electrons. The molecule has 124 valence electrons. The molecule has 0 saturated carbocycles. The van der Waals surface area contributed by atoms with Gasteiger partial charge in [-0.15, -0.1) is 0 Å². The zero-order chi connectivity index (χ0) is 16.6. The second-order valence-corrected chi connectivity index (χ2v) is 9.42. The lowest BCUT2D eigenvalue weighted by molar-refractivity contribution is 0.125. The number of hydrogen-bond donors (Lipinski definition) is 2. The van der Waals surface area contributed by atoms with Gasteiger partial charge in [0.2, 0.25) is 0 Å². The van der Waals surface area contributed by atoms with Crippen molar-refractivity contribution in [1.29, 1.82) is 0 Å². The average molecular weight is 332 g/mol. The van der Waals surface area contributed by atoms with Gasteiger partial charge in [0.25, 0.3) is 10.1 Å². The highest BCUT2D eigenvalue weighted by atomic mass is 32.2. The molecule has 0 heterocycles. The van der Waals surface area contributed by atoms with E-state index in [0.29, 0.717) is 0 Å². The maximum atomic E-state index is 10.9. The van der Waals surface area contributed by atoms with Gasteiger partial charge in [-0.05, 0) is 26.2 Å². The molecule has 0 bridgehead atoms. The van der Waals surface area contributed by atoms with Gasteiger partial charge in [0.15, 0.2) is 0 Å². The molecular weight excluding hydrogens is 302 g/mol. The predicted octanol–water partition coefficient (Wildman–Crippen LogP) is 1.41. The van der Waals surface area contributed by atoms with Crippen LogP contribution in [-0.4, -0.2) is 48.0 Å². The summed E-state index contributed by atoms with van der Waals surface area (Å²) in [5.74, 6) is -0.0162. The smallest absolute Gasteiger partial charge is 0.365 e. The molecule has 0 amide bonds.